The first-order valence-electron chi connectivity index (χ1n) is 13.1. The molecule has 2 saturated heterocycles. The van der Waals surface area contributed by atoms with Crippen LogP contribution in [0.4, 0.5) is 4.39 Å². The first-order valence-corrected chi connectivity index (χ1v) is 14.0. The smallest absolute Gasteiger partial charge is 0.223 e. The van der Waals surface area contributed by atoms with E-state index in [1.165, 1.54) is 17.4 Å². The van der Waals surface area contributed by atoms with E-state index in [-0.39, 0.29) is 30.6 Å². The molecule has 1 aromatic heterocycles. The van der Waals surface area contributed by atoms with Crippen LogP contribution in [0.5, 0.6) is 0 Å². The van der Waals surface area contributed by atoms with Gasteiger partial charge in [0.05, 0.1) is 52.5 Å². The van der Waals surface area contributed by atoms with Gasteiger partial charge in [0.2, 0.25) is 5.91 Å². The lowest BCUT2D eigenvalue weighted by Crippen LogP contribution is -2.54. The van der Waals surface area contributed by atoms with Crippen LogP contribution in [0.2, 0.25) is 0 Å². The van der Waals surface area contributed by atoms with Gasteiger partial charge in [-0.25, -0.2) is 9.37 Å². The molecule has 1 saturated carbocycles. The van der Waals surface area contributed by atoms with Crippen molar-refractivity contribution < 1.29 is 28.9 Å². The zero-order chi connectivity index (χ0) is 26.3. The van der Waals surface area contributed by atoms with Gasteiger partial charge in [0.25, 0.3) is 0 Å². The number of carbonyl (C=O) groups is 2. The summed E-state index contributed by atoms with van der Waals surface area (Å²) in [7, 11) is 0. The topological polar surface area (TPSA) is 112 Å². The average molecular weight is 523 g/mol. The number of aliphatic hydroxyl groups excluding tert-OH is 2. The molecule has 3 N–H and O–H groups in total. The summed E-state index contributed by atoms with van der Waals surface area (Å²) in [6.45, 7) is 7.50. The van der Waals surface area contributed by atoms with Crippen molar-refractivity contribution in [3.05, 3.63) is 21.9 Å². The van der Waals surface area contributed by atoms with Crippen molar-refractivity contribution in [2.45, 2.75) is 109 Å². The lowest BCUT2D eigenvalue weighted by molar-refractivity contribution is -0.154. The molecule has 4 rings (SSSR count). The first-order chi connectivity index (χ1) is 16.9. The summed E-state index contributed by atoms with van der Waals surface area (Å²) >= 11 is 1.42. The molecular weight excluding hydrogens is 483 g/mol. The van der Waals surface area contributed by atoms with Gasteiger partial charge < -0.3 is 20.3 Å². The first kappa shape index (κ1) is 27.4. The van der Waals surface area contributed by atoms with E-state index in [2.05, 4.69) is 10.3 Å². The number of fused-ring (bicyclic) bond motifs is 1. The van der Waals surface area contributed by atoms with Crippen LogP contribution in [0.25, 0.3) is 6.08 Å². The average Bonchev–Trinajstić information content (AvgIpc) is 3.22. The van der Waals surface area contributed by atoms with Crippen molar-refractivity contribution in [2.75, 3.05) is 0 Å². The maximum Gasteiger partial charge on any atom is 0.223 e. The molecule has 0 radical (unpaired) electrons. The number of ketones is 1. The molecule has 200 valence electrons. The Hall–Kier alpha value is -1.68. The fraction of sp³-hybridized carbons (Fsp3) is 0.741. The highest BCUT2D eigenvalue weighted by Gasteiger charge is 2.54. The summed E-state index contributed by atoms with van der Waals surface area (Å²) in [5.74, 6) is -1.94. The van der Waals surface area contributed by atoms with Crippen LogP contribution in [-0.4, -0.2) is 56.8 Å². The Morgan fingerprint density at radius 3 is 2.58 bits per heavy atom. The van der Waals surface area contributed by atoms with Gasteiger partial charge in [-0.15, -0.1) is 11.3 Å². The molecule has 0 aromatic carbocycles. The van der Waals surface area contributed by atoms with Crippen molar-refractivity contribution in [3.63, 3.8) is 0 Å². The third-order valence-electron chi connectivity index (χ3n) is 8.67. The van der Waals surface area contributed by atoms with Crippen LogP contribution in [0.15, 0.2) is 11.2 Å². The van der Waals surface area contributed by atoms with Gasteiger partial charge in [-0.05, 0) is 51.5 Å². The fourth-order valence-electron chi connectivity index (χ4n) is 5.92. The van der Waals surface area contributed by atoms with Gasteiger partial charge in [-0.2, -0.15) is 0 Å². The molecule has 3 unspecified atom stereocenters. The summed E-state index contributed by atoms with van der Waals surface area (Å²) in [5, 5.41) is 27.3. The van der Waals surface area contributed by atoms with E-state index in [0.29, 0.717) is 18.5 Å². The van der Waals surface area contributed by atoms with E-state index in [1.807, 2.05) is 20.8 Å². The second-order valence-electron chi connectivity index (χ2n) is 11.3. The monoisotopic (exact) mass is 522 g/mol. The number of aliphatic hydroxyl groups is 2. The zero-order valence-corrected chi connectivity index (χ0v) is 22.4. The summed E-state index contributed by atoms with van der Waals surface area (Å²) < 4.78 is 21.4. The van der Waals surface area contributed by atoms with Crippen molar-refractivity contribution in [2.24, 2.45) is 17.3 Å². The van der Waals surface area contributed by atoms with Gasteiger partial charge in [0.15, 0.2) is 0 Å². The third-order valence-corrected chi connectivity index (χ3v) is 9.46. The lowest BCUT2D eigenvalue weighted by Gasteiger charge is -2.46. The van der Waals surface area contributed by atoms with Crippen LogP contribution in [-0.2, 0) is 14.3 Å². The molecule has 7 nitrogen and oxygen atoms in total. The Bertz CT molecular complexity index is 1010. The maximum atomic E-state index is 15.4. The second kappa shape index (κ2) is 10.6. The van der Waals surface area contributed by atoms with Gasteiger partial charge in [0.1, 0.15) is 11.6 Å². The molecule has 2 aliphatic heterocycles. The minimum Gasteiger partial charge on any atom is -0.392 e. The number of carbonyl (C=O) groups excluding carboxylic acids is 2. The van der Waals surface area contributed by atoms with E-state index in [0.717, 1.165) is 30.7 Å². The minimum absolute atomic E-state index is 0.0927. The van der Waals surface area contributed by atoms with Crippen molar-refractivity contribution in [1.29, 1.82) is 0 Å². The summed E-state index contributed by atoms with van der Waals surface area (Å²) in [6.07, 6.45) is 3.13. The molecule has 3 fully saturated rings. The number of amides is 1. The number of thiazole rings is 1. The minimum atomic E-state index is -1.19. The molecule has 1 aromatic rings. The number of epoxide rings is 1. The molecule has 0 bridgehead atoms. The van der Waals surface area contributed by atoms with Gasteiger partial charge >= 0.3 is 0 Å². The van der Waals surface area contributed by atoms with Crippen LogP contribution < -0.4 is 5.32 Å². The quantitative estimate of drug-likeness (QED) is 0.504. The zero-order valence-electron chi connectivity index (χ0n) is 21.6. The van der Waals surface area contributed by atoms with Crippen molar-refractivity contribution in [1.82, 2.24) is 10.3 Å². The SMILES string of the molecule is Cc1nc(C=C(F)[C@@H]2CC3OC3(C)CCC[C@H](C)[C@H](O)[C@@H](C)C(=O)C3(CCC3)C(O)CC(=O)N2)cs1. The van der Waals surface area contributed by atoms with Crippen molar-refractivity contribution in [3.8, 4) is 0 Å². The van der Waals surface area contributed by atoms with Gasteiger partial charge in [-0.1, -0.05) is 26.7 Å². The molecule has 7 atom stereocenters. The predicted octanol–water partition coefficient (Wildman–Crippen LogP) is 4.10. The molecule has 3 heterocycles. The Morgan fingerprint density at radius 1 is 1.25 bits per heavy atom. The normalized spacial score (nSPS) is 38.2. The van der Waals surface area contributed by atoms with Gasteiger partial charge in [-0.3, -0.25) is 9.59 Å². The number of aryl methyl sites for hydroxylation is 1. The fourth-order valence-corrected chi connectivity index (χ4v) is 6.49. The van der Waals surface area contributed by atoms with E-state index < -0.39 is 46.9 Å². The molecule has 1 amide bonds. The molecule has 1 aliphatic carbocycles. The highest BCUT2D eigenvalue weighted by Crippen LogP contribution is 2.49. The number of nitrogens with zero attached hydrogens (tertiary/aromatic N) is 1. The number of ether oxygens (including phenoxy) is 1. The highest BCUT2D eigenvalue weighted by molar-refractivity contribution is 7.09. The molecular formula is C27H39FN2O5S. The second-order valence-corrected chi connectivity index (χ2v) is 12.4. The summed E-state index contributed by atoms with van der Waals surface area (Å²) in [4.78, 5) is 30.8. The Morgan fingerprint density at radius 2 is 1.97 bits per heavy atom. The van der Waals surface area contributed by atoms with Crippen LogP contribution in [0.3, 0.4) is 0 Å². The summed E-state index contributed by atoms with van der Waals surface area (Å²) in [5.41, 5.74) is -0.954. The largest absolute Gasteiger partial charge is 0.392 e. The molecule has 1 spiro atoms. The van der Waals surface area contributed by atoms with Crippen molar-refractivity contribution >= 4 is 29.1 Å². The highest BCUT2D eigenvalue weighted by atomic mass is 32.1. The maximum absolute atomic E-state index is 15.4. The molecule has 36 heavy (non-hydrogen) atoms. The Balaban J connectivity index is 1.58. The third kappa shape index (κ3) is 5.59. The predicted molar refractivity (Wildman–Crippen MR) is 136 cm³/mol. The number of nitrogens with one attached hydrogen (secondary N) is 1. The number of hydrogen-bond acceptors (Lipinski definition) is 7. The van der Waals surface area contributed by atoms with E-state index in [1.54, 1.807) is 12.3 Å². The Labute approximate surface area is 216 Å². The van der Waals surface area contributed by atoms with Gasteiger partial charge in [0, 0.05) is 17.7 Å². The number of Topliss-reactive ketones (excluding diaryl/α,β-unsaturated/α-hetero) is 1. The van der Waals surface area contributed by atoms with Crippen LogP contribution >= 0.6 is 11.3 Å². The van der Waals surface area contributed by atoms with E-state index in [4.69, 9.17) is 4.74 Å². The Kier molecular flexibility index (Phi) is 8.05. The standard InChI is InChI=1S/C27H39FN2O5S/c1-15-7-5-8-26(4)22(35-26)12-20(19(28)11-18-14-36-17(3)29-18)30-23(32)13-21(31)27(9-6-10-27)25(34)16(2)24(15)33/h11,14-16,20-22,24,31,33H,5-10,12-13H2,1-4H3,(H,30,32)/t15-,16+,20-,21?,22?,24-,26?/m0/s1. The van der Waals surface area contributed by atoms with E-state index in [9.17, 15) is 19.8 Å². The number of halogens is 1. The van der Waals surface area contributed by atoms with Crippen LogP contribution in [0, 0.1) is 24.2 Å². The van der Waals surface area contributed by atoms with E-state index >= 15 is 4.39 Å². The lowest BCUT2D eigenvalue weighted by atomic mass is 9.58. The van der Waals surface area contributed by atoms with Crippen LogP contribution in [0.1, 0.15) is 82.8 Å². The number of rotatable bonds is 2. The molecule has 9 heteroatoms. The number of aromatic nitrogens is 1. The molecule has 3 aliphatic rings. The summed E-state index contributed by atoms with van der Waals surface area (Å²) in [6, 6.07) is -0.917. The number of hydrogen-bond donors (Lipinski definition) is 3.